The molecule has 23 heavy (non-hydrogen) atoms. The summed E-state index contributed by atoms with van der Waals surface area (Å²) in [5.74, 6) is 0.658. The van der Waals surface area contributed by atoms with Crippen molar-refractivity contribution in [3.05, 3.63) is 35.9 Å². The Kier molecular flexibility index (Phi) is 4.55. The smallest absolute Gasteiger partial charge is 0.150 e. The van der Waals surface area contributed by atoms with E-state index in [0.29, 0.717) is 12.2 Å². The Labute approximate surface area is 136 Å². The van der Waals surface area contributed by atoms with Gasteiger partial charge in [-0.2, -0.15) is 0 Å². The third-order valence-corrected chi connectivity index (χ3v) is 6.18. The molecule has 1 aliphatic carbocycles. The minimum absolute atomic E-state index is 0.0717. The molecule has 1 fully saturated rings. The van der Waals surface area contributed by atoms with Gasteiger partial charge in [-0.1, -0.05) is 24.6 Å². The van der Waals surface area contributed by atoms with Gasteiger partial charge in [0.2, 0.25) is 0 Å². The zero-order chi connectivity index (χ0) is 16.4. The lowest BCUT2D eigenvalue weighted by Crippen LogP contribution is -2.34. The number of anilines is 1. The molecule has 1 aromatic heterocycles. The number of nitrogens with zero attached hydrogens (tertiary/aromatic N) is 1. The lowest BCUT2D eigenvalue weighted by Gasteiger charge is -2.29. The summed E-state index contributed by atoms with van der Waals surface area (Å²) in [6, 6.07) is 9.77. The Morgan fingerprint density at radius 1 is 1.30 bits per heavy atom. The van der Waals surface area contributed by atoms with Gasteiger partial charge in [-0.3, -0.25) is 0 Å². The van der Waals surface area contributed by atoms with Crippen molar-refractivity contribution < 1.29 is 13.5 Å². The minimum atomic E-state index is -3.01. The van der Waals surface area contributed by atoms with E-state index in [0.717, 1.165) is 35.7 Å². The fourth-order valence-electron chi connectivity index (χ4n) is 3.26. The van der Waals surface area contributed by atoms with Crippen LogP contribution in [0.25, 0.3) is 10.9 Å². The van der Waals surface area contributed by atoms with Crippen LogP contribution in [-0.2, 0) is 16.4 Å². The Morgan fingerprint density at radius 2 is 2.09 bits per heavy atom. The van der Waals surface area contributed by atoms with Gasteiger partial charge in [0.1, 0.15) is 15.7 Å². The number of hydrogen-bond donors (Lipinski definition) is 2. The maximum atomic E-state index is 11.8. The number of benzene rings is 1. The van der Waals surface area contributed by atoms with Crippen LogP contribution in [0, 0.1) is 0 Å². The topological polar surface area (TPSA) is 79.3 Å². The van der Waals surface area contributed by atoms with Gasteiger partial charge in [-0.25, -0.2) is 13.4 Å². The monoisotopic (exact) mass is 334 g/mol. The molecule has 0 amide bonds. The molecule has 2 unspecified atom stereocenters. The number of aliphatic hydroxyl groups is 1. The first kappa shape index (κ1) is 16.2. The van der Waals surface area contributed by atoms with Crippen LogP contribution >= 0.6 is 0 Å². The van der Waals surface area contributed by atoms with Crippen LogP contribution in [0.3, 0.4) is 0 Å². The van der Waals surface area contributed by atoms with E-state index in [2.05, 4.69) is 10.3 Å². The van der Waals surface area contributed by atoms with Crippen molar-refractivity contribution in [2.75, 3.05) is 11.6 Å². The zero-order valence-corrected chi connectivity index (χ0v) is 14.0. The number of fused-ring (bicyclic) bond motifs is 1. The Balaban J connectivity index is 1.85. The molecule has 2 aromatic rings. The molecule has 0 radical (unpaired) electrons. The molecule has 2 N–H and O–H groups in total. The second-order valence-corrected chi connectivity index (χ2v) is 8.63. The highest BCUT2D eigenvalue weighted by atomic mass is 32.2. The summed E-state index contributed by atoms with van der Waals surface area (Å²) in [4.78, 5) is 4.61. The molecule has 2 atom stereocenters. The number of aromatic nitrogens is 1. The van der Waals surface area contributed by atoms with E-state index in [4.69, 9.17) is 0 Å². The molecule has 1 heterocycles. The maximum absolute atomic E-state index is 11.8. The van der Waals surface area contributed by atoms with Gasteiger partial charge >= 0.3 is 0 Å². The number of hydrogen-bond acceptors (Lipinski definition) is 5. The Bertz CT molecular complexity index is 805. The zero-order valence-electron chi connectivity index (χ0n) is 13.2. The van der Waals surface area contributed by atoms with Gasteiger partial charge in [0.25, 0.3) is 0 Å². The molecule has 124 valence electrons. The third kappa shape index (κ3) is 3.64. The second kappa shape index (κ2) is 6.45. The quantitative estimate of drug-likeness (QED) is 0.898. The van der Waals surface area contributed by atoms with Gasteiger partial charge < -0.3 is 10.4 Å². The number of sulfone groups is 1. The first-order chi connectivity index (χ1) is 11.0. The van der Waals surface area contributed by atoms with Crippen LogP contribution in [0.2, 0.25) is 0 Å². The van der Waals surface area contributed by atoms with Gasteiger partial charge in [0, 0.05) is 23.2 Å². The van der Waals surface area contributed by atoms with Crippen molar-refractivity contribution in [1.29, 1.82) is 0 Å². The van der Waals surface area contributed by atoms with Crippen molar-refractivity contribution in [3.8, 4) is 0 Å². The van der Waals surface area contributed by atoms with Crippen LogP contribution in [0.15, 0.2) is 30.3 Å². The van der Waals surface area contributed by atoms with Crippen molar-refractivity contribution in [1.82, 2.24) is 4.98 Å². The molecule has 0 saturated heterocycles. The van der Waals surface area contributed by atoms with E-state index in [9.17, 15) is 13.5 Å². The molecule has 1 aromatic carbocycles. The van der Waals surface area contributed by atoms with E-state index in [1.807, 2.05) is 30.3 Å². The number of para-hydroxylation sites is 1. The van der Waals surface area contributed by atoms with Crippen molar-refractivity contribution in [2.24, 2.45) is 0 Å². The minimum Gasteiger partial charge on any atom is -0.392 e. The summed E-state index contributed by atoms with van der Waals surface area (Å²) < 4.78 is 23.6. The average Bonchev–Trinajstić information content (AvgIpc) is 2.53. The summed E-state index contributed by atoms with van der Waals surface area (Å²) in [5.41, 5.74) is 1.60. The van der Waals surface area contributed by atoms with Crippen LogP contribution in [-0.4, -0.2) is 36.1 Å². The number of aliphatic hydroxyl groups excluding tert-OH is 1. The van der Waals surface area contributed by atoms with Gasteiger partial charge in [-0.05, 0) is 31.4 Å². The Morgan fingerprint density at radius 3 is 2.83 bits per heavy atom. The molecule has 0 aliphatic heterocycles. The Hall–Kier alpha value is -1.66. The summed E-state index contributed by atoms with van der Waals surface area (Å²) in [5, 5.41) is 13.7. The van der Waals surface area contributed by atoms with E-state index >= 15 is 0 Å². The van der Waals surface area contributed by atoms with Crippen molar-refractivity contribution >= 4 is 26.6 Å². The van der Waals surface area contributed by atoms with E-state index in [1.54, 1.807) is 0 Å². The van der Waals surface area contributed by atoms with Crippen LogP contribution in [0.5, 0.6) is 0 Å². The lowest BCUT2D eigenvalue weighted by molar-refractivity contribution is 0.282. The average molecular weight is 334 g/mol. The molecule has 0 spiro atoms. The summed E-state index contributed by atoms with van der Waals surface area (Å²) >= 11 is 0. The summed E-state index contributed by atoms with van der Waals surface area (Å²) in [6.45, 7) is -0.0948. The predicted molar refractivity (Wildman–Crippen MR) is 92.2 cm³/mol. The molecule has 1 aliphatic rings. The number of nitrogens with one attached hydrogen (secondary N) is 1. The molecule has 1 saturated carbocycles. The first-order valence-electron chi connectivity index (χ1n) is 7.92. The van der Waals surface area contributed by atoms with Crippen LogP contribution in [0.4, 0.5) is 5.82 Å². The number of pyridine rings is 1. The van der Waals surface area contributed by atoms with Gasteiger partial charge in [0.15, 0.2) is 0 Å². The standard InChI is InChI=1S/C17H22N2O3S/c1-23(21,22)15-7-4-6-14(10-15)18-17-13(11-20)9-12-5-2-3-8-16(12)19-17/h2-3,5,8-9,14-15,20H,4,6-7,10-11H2,1H3,(H,18,19). The highest BCUT2D eigenvalue weighted by molar-refractivity contribution is 7.91. The molecule has 0 bridgehead atoms. The highest BCUT2D eigenvalue weighted by Gasteiger charge is 2.29. The molecule has 3 rings (SSSR count). The van der Waals surface area contributed by atoms with Crippen molar-refractivity contribution in [2.45, 2.75) is 43.6 Å². The van der Waals surface area contributed by atoms with Crippen LogP contribution < -0.4 is 5.32 Å². The van der Waals surface area contributed by atoms with E-state index in [1.165, 1.54) is 6.26 Å². The van der Waals surface area contributed by atoms with Gasteiger partial charge in [0.05, 0.1) is 17.4 Å². The number of rotatable bonds is 4. The summed E-state index contributed by atoms with van der Waals surface area (Å²) in [6.07, 6.45) is 4.45. The van der Waals surface area contributed by atoms with Crippen molar-refractivity contribution in [3.63, 3.8) is 0 Å². The molecule has 5 nitrogen and oxygen atoms in total. The third-order valence-electron chi connectivity index (χ3n) is 4.55. The molecular weight excluding hydrogens is 312 g/mol. The molecular formula is C17H22N2O3S. The first-order valence-corrected chi connectivity index (χ1v) is 9.88. The lowest BCUT2D eigenvalue weighted by atomic mass is 9.95. The molecule has 6 heteroatoms. The predicted octanol–water partition coefficient (Wildman–Crippen LogP) is 2.49. The maximum Gasteiger partial charge on any atom is 0.150 e. The fourth-order valence-corrected chi connectivity index (χ4v) is 4.44. The largest absolute Gasteiger partial charge is 0.392 e. The second-order valence-electron chi connectivity index (χ2n) is 6.31. The normalized spacial score (nSPS) is 22.2. The highest BCUT2D eigenvalue weighted by Crippen LogP contribution is 2.28. The van der Waals surface area contributed by atoms with Crippen LogP contribution in [0.1, 0.15) is 31.2 Å². The van der Waals surface area contributed by atoms with E-state index < -0.39 is 9.84 Å². The SMILES string of the molecule is CS(=O)(=O)C1CCCC(Nc2nc3ccccc3cc2CO)C1. The fraction of sp³-hybridized carbons (Fsp3) is 0.471. The summed E-state index contributed by atoms with van der Waals surface area (Å²) in [7, 11) is -3.01. The van der Waals surface area contributed by atoms with Gasteiger partial charge in [-0.15, -0.1) is 0 Å². The van der Waals surface area contributed by atoms with E-state index in [-0.39, 0.29) is 17.9 Å².